The van der Waals surface area contributed by atoms with Gasteiger partial charge in [-0.3, -0.25) is 4.79 Å². The molecule has 0 bridgehead atoms. The van der Waals surface area contributed by atoms with Gasteiger partial charge >= 0.3 is 0 Å². The molecule has 2 rings (SSSR count). The molecule has 1 amide bonds. The molecule has 2 aromatic carbocycles. The van der Waals surface area contributed by atoms with Crippen LogP contribution in [0.4, 0.5) is 5.69 Å². The van der Waals surface area contributed by atoms with Gasteiger partial charge in [0, 0.05) is 0 Å². The summed E-state index contributed by atoms with van der Waals surface area (Å²) in [5.41, 5.74) is 1.08. The van der Waals surface area contributed by atoms with Gasteiger partial charge in [0.25, 0.3) is 5.91 Å². The average molecular weight is 341 g/mol. The van der Waals surface area contributed by atoms with Crippen molar-refractivity contribution in [2.24, 2.45) is 0 Å². The van der Waals surface area contributed by atoms with Gasteiger partial charge in [-0.05, 0) is 40.2 Å². The van der Waals surface area contributed by atoms with Crippen LogP contribution >= 0.6 is 27.5 Å². The van der Waals surface area contributed by atoms with Gasteiger partial charge in [-0.25, -0.2) is 0 Å². The third-order valence-electron chi connectivity index (χ3n) is 2.55. The van der Waals surface area contributed by atoms with E-state index >= 15 is 0 Å². The van der Waals surface area contributed by atoms with Crippen LogP contribution in [0.25, 0.3) is 0 Å². The normalized spacial score (nSPS) is 10.1. The van der Waals surface area contributed by atoms with Gasteiger partial charge in [0.15, 0.2) is 0 Å². The van der Waals surface area contributed by atoms with E-state index in [-0.39, 0.29) is 5.91 Å². The quantitative estimate of drug-likeness (QED) is 0.901. The molecule has 0 radical (unpaired) electrons. The molecule has 0 atom stereocenters. The lowest BCUT2D eigenvalue weighted by Crippen LogP contribution is -2.13. The third kappa shape index (κ3) is 3.08. The Balaban J connectivity index is 2.28. The lowest BCUT2D eigenvalue weighted by Gasteiger charge is -2.10. The first-order valence-electron chi connectivity index (χ1n) is 5.52. The first-order valence-corrected chi connectivity index (χ1v) is 6.69. The van der Waals surface area contributed by atoms with Crippen LogP contribution in [0.1, 0.15) is 10.4 Å². The van der Waals surface area contributed by atoms with Crippen molar-refractivity contribution in [3.8, 4) is 5.75 Å². The number of nitrogens with one attached hydrogen (secondary N) is 1. The zero-order chi connectivity index (χ0) is 13.8. The third-order valence-corrected chi connectivity index (χ3v) is 3.95. The molecule has 19 heavy (non-hydrogen) atoms. The molecular formula is C14H11BrClNO2. The van der Waals surface area contributed by atoms with Gasteiger partial charge in [-0.1, -0.05) is 29.8 Å². The fourth-order valence-corrected chi connectivity index (χ4v) is 2.16. The summed E-state index contributed by atoms with van der Waals surface area (Å²) in [7, 11) is 1.53. The van der Waals surface area contributed by atoms with Gasteiger partial charge in [-0.2, -0.15) is 0 Å². The number of anilines is 1. The molecule has 0 aliphatic heterocycles. The summed E-state index contributed by atoms with van der Waals surface area (Å²) in [6.45, 7) is 0. The number of carbonyl (C=O) groups excluding carboxylic acids is 1. The Hall–Kier alpha value is -1.52. The van der Waals surface area contributed by atoms with Crippen molar-refractivity contribution in [2.45, 2.75) is 0 Å². The van der Waals surface area contributed by atoms with Crippen LogP contribution in [0.2, 0.25) is 5.02 Å². The van der Waals surface area contributed by atoms with E-state index in [4.69, 9.17) is 16.3 Å². The number of para-hydroxylation sites is 1. The number of methoxy groups -OCH3 is 1. The highest BCUT2D eigenvalue weighted by Gasteiger charge is 2.13. The predicted molar refractivity (Wildman–Crippen MR) is 80.1 cm³/mol. The largest absolute Gasteiger partial charge is 0.496 e. The lowest BCUT2D eigenvalue weighted by atomic mass is 10.2. The molecule has 3 nitrogen and oxygen atoms in total. The molecule has 5 heteroatoms. The van der Waals surface area contributed by atoms with E-state index in [1.165, 1.54) is 7.11 Å². The van der Waals surface area contributed by atoms with Crippen LogP contribution in [0.3, 0.4) is 0 Å². The van der Waals surface area contributed by atoms with Gasteiger partial charge in [0.05, 0.1) is 27.9 Å². The maximum Gasteiger partial charge on any atom is 0.259 e. The average Bonchev–Trinajstić information content (AvgIpc) is 2.43. The molecule has 0 saturated carbocycles. The SMILES string of the molecule is COc1ccccc1C(=O)Nc1cccc(Cl)c1Br. The van der Waals surface area contributed by atoms with E-state index in [2.05, 4.69) is 21.2 Å². The summed E-state index contributed by atoms with van der Waals surface area (Å²) in [6, 6.07) is 12.3. The van der Waals surface area contributed by atoms with E-state index in [1.807, 2.05) is 6.07 Å². The van der Waals surface area contributed by atoms with Crippen LogP contribution < -0.4 is 10.1 Å². The van der Waals surface area contributed by atoms with Gasteiger partial charge in [-0.15, -0.1) is 0 Å². The Morgan fingerprint density at radius 3 is 2.68 bits per heavy atom. The predicted octanol–water partition coefficient (Wildman–Crippen LogP) is 4.36. The summed E-state index contributed by atoms with van der Waals surface area (Å²) in [5.74, 6) is 0.276. The summed E-state index contributed by atoms with van der Waals surface area (Å²) in [6.07, 6.45) is 0. The van der Waals surface area contributed by atoms with Gasteiger partial charge < -0.3 is 10.1 Å². The van der Waals surface area contributed by atoms with E-state index in [1.54, 1.807) is 36.4 Å². The van der Waals surface area contributed by atoms with Gasteiger partial charge in [0.1, 0.15) is 5.75 Å². The Kier molecular flexibility index (Phi) is 4.45. The van der Waals surface area contributed by atoms with Crippen molar-refractivity contribution in [2.75, 3.05) is 12.4 Å². The topological polar surface area (TPSA) is 38.3 Å². The van der Waals surface area contributed by atoms with Crippen molar-refractivity contribution < 1.29 is 9.53 Å². The minimum Gasteiger partial charge on any atom is -0.496 e. The molecule has 0 aromatic heterocycles. The minimum atomic E-state index is -0.250. The number of hydrogen-bond acceptors (Lipinski definition) is 2. The summed E-state index contributed by atoms with van der Waals surface area (Å²) in [4.78, 5) is 12.2. The first kappa shape index (κ1) is 13.9. The summed E-state index contributed by atoms with van der Waals surface area (Å²) >= 11 is 9.32. The van der Waals surface area contributed by atoms with Crippen molar-refractivity contribution >= 4 is 39.1 Å². The molecule has 0 heterocycles. The molecular weight excluding hydrogens is 330 g/mol. The lowest BCUT2D eigenvalue weighted by molar-refractivity contribution is 0.102. The van der Waals surface area contributed by atoms with Crippen molar-refractivity contribution in [3.63, 3.8) is 0 Å². The number of hydrogen-bond donors (Lipinski definition) is 1. The molecule has 98 valence electrons. The van der Waals surface area contributed by atoms with Crippen LogP contribution in [-0.4, -0.2) is 13.0 Å². The second-order valence-corrected chi connectivity index (χ2v) is 4.96. The van der Waals surface area contributed by atoms with E-state index < -0.39 is 0 Å². The van der Waals surface area contributed by atoms with E-state index in [0.29, 0.717) is 26.5 Å². The molecule has 0 aliphatic rings. The van der Waals surface area contributed by atoms with Gasteiger partial charge in [0.2, 0.25) is 0 Å². The van der Waals surface area contributed by atoms with E-state index in [9.17, 15) is 4.79 Å². The Morgan fingerprint density at radius 2 is 1.95 bits per heavy atom. The van der Waals surface area contributed by atoms with Crippen LogP contribution in [0, 0.1) is 0 Å². The zero-order valence-electron chi connectivity index (χ0n) is 10.1. The van der Waals surface area contributed by atoms with Crippen molar-refractivity contribution in [1.29, 1.82) is 0 Å². The maximum absolute atomic E-state index is 12.2. The Morgan fingerprint density at radius 1 is 1.21 bits per heavy atom. The fourth-order valence-electron chi connectivity index (χ4n) is 1.62. The second kappa shape index (κ2) is 6.08. The second-order valence-electron chi connectivity index (χ2n) is 3.76. The number of amides is 1. The molecule has 0 saturated heterocycles. The molecule has 0 unspecified atom stereocenters. The number of rotatable bonds is 3. The van der Waals surface area contributed by atoms with Crippen molar-refractivity contribution in [3.05, 3.63) is 57.5 Å². The van der Waals surface area contributed by atoms with Crippen LogP contribution in [0.5, 0.6) is 5.75 Å². The zero-order valence-corrected chi connectivity index (χ0v) is 12.5. The highest BCUT2D eigenvalue weighted by Crippen LogP contribution is 2.30. The van der Waals surface area contributed by atoms with Crippen LogP contribution in [0.15, 0.2) is 46.9 Å². The first-order chi connectivity index (χ1) is 9.13. The summed E-state index contributed by atoms with van der Waals surface area (Å²) in [5, 5.41) is 3.33. The maximum atomic E-state index is 12.2. The Labute approximate surface area is 124 Å². The molecule has 1 N–H and O–H groups in total. The monoisotopic (exact) mass is 339 g/mol. The standard InChI is InChI=1S/C14H11BrClNO2/c1-19-12-8-3-2-5-9(12)14(18)17-11-7-4-6-10(16)13(11)15/h2-8H,1H3,(H,17,18). The number of halogens is 2. The van der Waals surface area contributed by atoms with Crippen molar-refractivity contribution in [1.82, 2.24) is 0 Å². The molecule has 0 aliphatic carbocycles. The smallest absolute Gasteiger partial charge is 0.259 e. The minimum absolute atomic E-state index is 0.250. The molecule has 0 spiro atoms. The highest BCUT2D eigenvalue weighted by molar-refractivity contribution is 9.10. The fraction of sp³-hybridized carbons (Fsp3) is 0.0714. The number of carbonyl (C=O) groups is 1. The number of ether oxygens (including phenoxy) is 1. The number of benzene rings is 2. The Bertz CT molecular complexity index is 616. The molecule has 0 fully saturated rings. The molecule has 2 aromatic rings. The van der Waals surface area contributed by atoms with E-state index in [0.717, 1.165) is 0 Å². The highest BCUT2D eigenvalue weighted by atomic mass is 79.9. The van der Waals surface area contributed by atoms with Crippen LogP contribution in [-0.2, 0) is 0 Å². The summed E-state index contributed by atoms with van der Waals surface area (Å²) < 4.78 is 5.81.